The second-order valence-corrected chi connectivity index (χ2v) is 5.38. The Hall–Kier alpha value is -0.800. The van der Waals surface area contributed by atoms with Gasteiger partial charge >= 0.3 is 0 Å². The van der Waals surface area contributed by atoms with Crippen molar-refractivity contribution in [3.63, 3.8) is 0 Å². The first kappa shape index (κ1) is 17.3. The third kappa shape index (κ3) is 3.64. The zero-order chi connectivity index (χ0) is 15.0. The maximum atomic E-state index is 5.58. The molecular weight excluding hydrogens is 248 g/mol. The molecule has 3 nitrogen and oxygen atoms in total. The lowest BCUT2D eigenvalue weighted by Gasteiger charge is -2.48. The summed E-state index contributed by atoms with van der Waals surface area (Å²) in [6, 6.07) is 4.49. The Bertz CT molecular complexity index is 340. The van der Waals surface area contributed by atoms with Gasteiger partial charge in [-0.3, -0.25) is 4.90 Å². The number of rotatable bonds is 10. The van der Waals surface area contributed by atoms with Gasteiger partial charge in [0.25, 0.3) is 0 Å². The van der Waals surface area contributed by atoms with Gasteiger partial charge in [-0.15, -0.1) is 0 Å². The minimum Gasteiger partial charge on any atom is -0.469 e. The Morgan fingerprint density at radius 2 is 1.80 bits per heavy atom. The van der Waals surface area contributed by atoms with Gasteiger partial charge in [-0.05, 0) is 44.6 Å². The third-order valence-electron chi connectivity index (χ3n) is 4.70. The van der Waals surface area contributed by atoms with E-state index in [0.29, 0.717) is 6.04 Å². The van der Waals surface area contributed by atoms with Crippen molar-refractivity contribution in [2.24, 2.45) is 0 Å². The van der Waals surface area contributed by atoms with Crippen LogP contribution in [-0.2, 0) is 6.42 Å². The van der Waals surface area contributed by atoms with Crippen LogP contribution in [0.15, 0.2) is 22.8 Å². The Morgan fingerprint density at radius 1 is 1.15 bits per heavy atom. The lowest BCUT2D eigenvalue weighted by atomic mass is 9.80. The highest BCUT2D eigenvalue weighted by molar-refractivity contribution is 5.07. The molecule has 0 fully saturated rings. The number of furan rings is 1. The molecule has 0 spiro atoms. The van der Waals surface area contributed by atoms with Gasteiger partial charge in [-0.2, -0.15) is 0 Å². The molecule has 0 aliphatic heterocycles. The van der Waals surface area contributed by atoms with Crippen molar-refractivity contribution < 1.29 is 4.42 Å². The summed E-state index contributed by atoms with van der Waals surface area (Å²) in [4.78, 5) is 2.61. The highest BCUT2D eigenvalue weighted by atomic mass is 16.3. The summed E-state index contributed by atoms with van der Waals surface area (Å²) in [7, 11) is 0. The van der Waals surface area contributed by atoms with Gasteiger partial charge in [-0.1, -0.05) is 34.6 Å². The van der Waals surface area contributed by atoms with E-state index in [0.717, 1.165) is 44.7 Å². The number of hydrogen-bond donors (Lipinski definition) is 1. The predicted octanol–water partition coefficient (Wildman–Crippen LogP) is 3.70. The quantitative estimate of drug-likeness (QED) is 0.708. The zero-order valence-electron chi connectivity index (χ0n) is 13.9. The molecule has 20 heavy (non-hydrogen) atoms. The highest BCUT2D eigenvalue weighted by Crippen LogP contribution is 2.30. The number of likely N-dealkylation sites (N-methyl/N-ethyl adjacent to an activating group) is 2. The van der Waals surface area contributed by atoms with Crippen molar-refractivity contribution in [2.75, 3.05) is 19.6 Å². The van der Waals surface area contributed by atoms with Crippen LogP contribution in [0.4, 0.5) is 0 Å². The molecule has 0 bridgehead atoms. The van der Waals surface area contributed by atoms with E-state index in [4.69, 9.17) is 4.42 Å². The van der Waals surface area contributed by atoms with Gasteiger partial charge in [0.05, 0.1) is 6.26 Å². The van der Waals surface area contributed by atoms with Crippen LogP contribution >= 0.6 is 0 Å². The summed E-state index contributed by atoms with van der Waals surface area (Å²) in [5.41, 5.74) is 0.201. The minimum absolute atomic E-state index is 0.201. The summed E-state index contributed by atoms with van der Waals surface area (Å²) in [6.45, 7) is 14.5. The summed E-state index contributed by atoms with van der Waals surface area (Å²) in [5.74, 6) is 1.08. The van der Waals surface area contributed by atoms with E-state index < -0.39 is 0 Å². The van der Waals surface area contributed by atoms with Crippen LogP contribution in [0.1, 0.15) is 53.2 Å². The molecule has 0 aliphatic rings. The van der Waals surface area contributed by atoms with Crippen LogP contribution < -0.4 is 5.32 Å². The molecule has 1 aromatic rings. The smallest absolute Gasteiger partial charge is 0.105 e. The third-order valence-corrected chi connectivity index (χ3v) is 4.70. The predicted molar refractivity (Wildman–Crippen MR) is 86.1 cm³/mol. The number of nitrogens with zero attached hydrogens (tertiary/aromatic N) is 1. The van der Waals surface area contributed by atoms with Crippen molar-refractivity contribution in [1.29, 1.82) is 0 Å². The van der Waals surface area contributed by atoms with E-state index in [1.165, 1.54) is 0 Å². The molecule has 0 aliphatic carbocycles. The number of nitrogens with one attached hydrogen (secondary N) is 1. The molecule has 0 radical (unpaired) electrons. The first-order valence-corrected chi connectivity index (χ1v) is 8.19. The van der Waals surface area contributed by atoms with Crippen molar-refractivity contribution in [3.05, 3.63) is 24.2 Å². The zero-order valence-corrected chi connectivity index (χ0v) is 13.9. The van der Waals surface area contributed by atoms with Crippen molar-refractivity contribution in [1.82, 2.24) is 10.2 Å². The lowest BCUT2D eigenvalue weighted by molar-refractivity contribution is 0.0480. The molecule has 0 aromatic carbocycles. The average Bonchev–Trinajstić information content (AvgIpc) is 2.97. The van der Waals surface area contributed by atoms with Crippen LogP contribution in [-0.4, -0.2) is 36.1 Å². The second kappa shape index (κ2) is 8.48. The van der Waals surface area contributed by atoms with E-state index in [9.17, 15) is 0 Å². The summed E-state index contributed by atoms with van der Waals surface area (Å²) >= 11 is 0. The molecule has 1 heterocycles. The largest absolute Gasteiger partial charge is 0.469 e. The normalized spacial score (nSPS) is 13.9. The molecule has 1 unspecified atom stereocenters. The van der Waals surface area contributed by atoms with Gasteiger partial charge in [-0.25, -0.2) is 0 Å². The van der Waals surface area contributed by atoms with Crippen LogP contribution in [0, 0.1) is 0 Å². The van der Waals surface area contributed by atoms with Crippen molar-refractivity contribution in [3.8, 4) is 0 Å². The molecule has 1 rings (SSSR count). The minimum atomic E-state index is 0.201. The maximum absolute atomic E-state index is 5.58. The van der Waals surface area contributed by atoms with Crippen LogP contribution in [0.3, 0.4) is 0 Å². The molecule has 0 saturated carbocycles. The first-order chi connectivity index (χ1) is 9.68. The van der Waals surface area contributed by atoms with Gasteiger partial charge in [0.2, 0.25) is 0 Å². The first-order valence-electron chi connectivity index (χ1n) is 8.19. The molecular formula is C17H32N2O. The fraction of sp³-hybridized carbons (Fsp3) is 0.765. The van der Waals surface area contributed by atoms with E-state index in [1.807, 2.05) is 6.07 Å². The fourth-order valence-corrected chi connectivity index (χ4v) is 3.59. The van der Waals surface area contributed by atoms with E-state index in [2.05, 4.69) is 50.9 Å². The lowest BCUT2D eigenvalue weighted by Crippen LogP contribution is -2.61. The van der Waals surface area contributed by atoms with Gasteiger partial charge in [0.15, 0.2) is 0 Å². The van der Waals surface area contributed by atoms with Crippen LogP contribution in [0.2, 0.25) is 0 Å². The van der Waals surface area contributed by atoms with Gasteiger partial charge in [0, 0.05) is 18.0 Å². The second-order valence-electron chi connectivity index (χ2n) is 5.38. The molecule has 1 aromatic heterocycles. The Morgan fingerprint density at radius 3 is 2.20 bits per heavy atom. The van der Waals surface area contributed by atoms with Gasteiger partial charge < -0.3 is 9.73 Å². The molecule has 0 saturated heterocycles. The molecule has 0 amide bonds. The summed E-state index contributed by atoms with van der Waals surface area (Å²) < 4.78 is 5.58. The molecule has 1 atom stereocenters. The van der Waals surface area contributed by atoms with Crippen molar-refractivity contribution >= 4 is 0 Å². The SMILES string of the molecule is CCNC(Cc1ccco1)C(CC)(CC)N(CC)CC. The Labute approximate surface area is 124 Å². The van der Waals surface area contributed by atoms with E-state index >= 15 is 0 Å². The average molecular weight is 280 g/mol. The Balaban J connectivity index is 3.03. The molecule has 3 heteroatoms. The van der Waals surface area contributed by atoms with Crippen LogP contribution in [0.25, 0.3) is 0 Å². The van der Waals surface area contributed by atoms with Crippen molar-refractivity contribution in [2.45, 2.75) is 65.5 Å². The highest BCUT2D eigenvalue weighted by Gasteiger charge is 2.39. The van der Waals surface area contributed by atoms with Crippen LogP contribution in [0.5, 0.6) is 0 Å². The monoisotopic (exact) mass is 280 g/mol. The molecule has 116 valence electrons. The van der Waals surface area contributed by atoms with E-state index in [-0.39, 0.29) is 5.54 Å². The van der Waals surface area contributed by atoms with E-state index in [1.54, 1.807) is 6.26 Å². The Kier molecular flexibility index (Phi) is 7.31. The maximum Gasteiger partial charge on any atom is 0.105 e. The standard InChI is InChI=1S/C17H32N2O/c1-6-17(7-2,19(9-4)10-5)16(18-8-3)14-15-12-11-13-20-15/h11-13,16,18H,6-10,14H2,1-5H3. The topological polar surface area (TPSA) is 28.4 Å². The fourth-order valence-electron chi connectivity index (χ4n) is 3.59. The number of hydrogen-bond acceptors (Lipinski definition) is 3. The summed E-state index contributed by atoms with van der Waals surface area (Å²) in [6.07, 6.45) is 5.04. The molecule has 1 N–H and O–H groups in total. The van der Waals surface area contributed by atoms with Gasteiger partial charge in [0.1, 0.15) is 5.76 Å². The summed E-state index contributed by atoms with van der Waals surface area (Å²) in [5, 5.41) is 3.71.